The number of hydrogen-bond donors (Lipinski definition) is 1. The molecule has 2 N–H and O–H groups in total. The SMILES string of the molecule is COC(=O)Cc1cc(C#N)c(OC(F)F)c(CN)c1. The van der Waals surface area contributed by atoms with Gasteiger partial charge in [-0.1, -0.05) is 6.07 Å². The maximum atomic E-state index is 12.3. The van der Waals surface area contributed by atoms with E-state index in [0.717, 1.165) is 0 Å². The molecule has 1 rings (SSSR count). The first kappa shape index (κ1) is 14.9. The summed E-state index contributed by atoms with van der Waals surface area (Å²) < 4.78 is 33.3. The molecule has 0 saturated carbocycles. The number of halogens is 2. The number of carbonyl (C=O) groups is 1. The van der Waals surface area contributed by atoms with Gasteiger partial charge in [0.25, 0.3) is 0 Å². The Kier molecular flexibility index (Phi) is 5.21. The van der Waals surface area contributed by atoms with Crippen LogP contribution in [0.3, 0.4) is 0 Å². The summed E-state index contributed by atoms with van der Waals surface area (Å²) in [7, 11) is 1.23. The molecular formula is C12H12F2N2O3. The Labute approximate surface area is 108 Å². The van der Waals surface area contributed by atoms with E-state index >= 15 is 0 Å². The number of rotatable bonds is 5. The van der Waals surface area contributed by atoms with Crippen LogP contribution in [0.2, 0.25) is 0 Å². The fourth-order valence-corrected chi connectivity index (χ4v) is 1.56. The molecule has 5 nitrogen and oxygen atoms in total. The first-order chi connectivity index (χ1) is 9.01. The third-order valence-corrected chi connectivity index (χ3v) is 2.35. The van der Waals surface area contributed by atoms with Crippen LogP contribution >= 0.6 is 0 Å². The van der Waals surface area contributed by atoms with Crippen molar-refractivity contribution >= 4 is 5.97 Å². The average Bonchev–Trinajstić information content (AvgIpc) is 2.39. The lowest BCUT2D eigenvalue weighted by molar-refractivity contribution is -0.139. The second-order valence-corrected chi connectivity index (χ2v) is 3.58. The fourth-order valence-electron chi connectivity index (χ4n) is 1.56. The lowest BCUT2D eigenvalue weighted by Gasteiger charge is -2.13. The second kappa shape index (κ2) is 6.66. The van der Waals surface area contributed by atoms with Crippen molar-refractivity contribution in [2.24, 2.45) is 5.73 Å². The van der Waals surface area contributed by atoms with Gasteiger partial charge in [0.15, 0.2) is 0 Å². The van der Waals surface area contributed by atoms with Gasteiger partial charge in [0.2, 0.25) is 0 Å². The summed E-state index contributed by atoms with van der Waals surface area (Å²) in [6, 6.07) is 4.48. The Balaban J connectivity index is 3.20. The maximum absolute atomic E-state index is 12.3. The molecule has 0 aliphatic carbocycles. The van der Waals surface area contributed by atoms with Crippen molar-refractivity contribution in [3.63, 3.8) is 0 Å². The number of nitriles is 1. The van der Waals surface area contributed by atoms with E-state index in [2.05, 4.69) is 9.47 Å². The normalized spacial score (nSPS) is 10.1. The molecule has 7 heteroatoms. The Bertz CT molecular complexity index is 512. The van der Waals surface area contributed by atoms with E-state index in [9.17, 15) is 13.6 Å². The fraction of sp³-hybridized carbons (Fsp3) is 0.333. The predicted molar refractivity (Wildman–Crippen MR) is 61.4 cm³/mol. The van der Waals surface area contributed by atoms with Crippen LogP contribution in [-0.2, 0) is 22.5 Å². The van der Waals surface area contributed by atoms with E-state index in [1.165, 1.54) is 19.2 Å². The van der Waals surface area contributed by atoms with Gasteiger partial charge in [0.1, 0.15) is 11.8 Å². The quantitative estimate of drug-likeness (QED) is 0.816. The van der Waals surface area contributed by atoms with Crippen LogP contribution in [-0.4, -0.2) is 19.7 Å². The van der Waals surface area contributed by atoms with Crippen molar-refractivity contribution in [3.05, 3.63) is 28.8 Å². The molecular weight excluding hydrogens is 258 g/mol. The minimum Gasteiger partial charge on any atom is -0.469 e. The molecule has 0 heterocycles. The third-order valence-electron chi connectivity index (χ3n) is 2.35. The molecule has 0 saturated heterocycles. The number of hydrogen-bond acceptors (Lipinski definition) is 5. The molecule has 0 spiro atoms. The van der Waals surface area contributed by atoms with E-state index in [0.29, 0.717) is 5.56 Å². The van der Waals surface area contributed by atoms with Crippen LogP contribution in [0.25, 0.3) is 0 Å². The monoisotopic (exact) mass is 270 g/mol. The number of ether oxygens (including phenoxy) is 2. The molecule has 0 fully saturated rings. The summed E-state index contributed by atoms with van der Waals surface area (Å²) in [6.07, 6.45) is -0.0763. The molecule has 0 aliphatic heterocycles. The van der Waals surface area contributed by atoms with Crippen molar-refractivity contribution in [2.45, 2.75) is 19.6 Å². The number of carbonyl (C=O) groups excluding carboxylic acids is 1. The van der Waals surface area contributed by atoms with E-state index in [4.69, 9.17) is 11.0 Å². The van der Waals surface area contributed by atoms with E-state index in [1.807, 2.05) is 0 Å². The summed E-state index contributed by atoms with van der Waals surface area (Å²) in [5, 5.41) is 8.94. The van der Waals surface area contributed by atoms with Gasteiger partial charge in [-0.05, 0) is 11.6 Å². The van der Waals surface area contributed by atoms with Gasteiger partial charge < -0.3 is 15.2 Å². The molecule has 0 atom stereocenters. The largest absolute Gasteiger partial charge is 0.469 e. The van der Waals surface area contributed by atoms with Crippen LogP contribution in [0, 0.1) is 11.3 Å². The zero-order chi connectivity index (χ0) is 14.4. The Morgan fingerprint density at radius 2 is 2.21 bits per heavy atom. The summed E-state index contributed by atoms with van der Waals surface area (Å²) in [6.45, 7) is -3.14. The van der Waals surface area contributed by atoms with Gasteiger partial charge in [0, 0.05) is 12.1 Å². The minimum atomic E-state index is -3.05. The lowest BCUT2D eigenvalue weighted by atomic mass is 10.0. The second-order valence-electron chi connectivity index (χ2n) is 3.58. The Morgan fingerprint density at radius 1 is 1.53 bits per heavy atom. The van der Waals surface area contributed by atoms with E-state index < -0.39 is 12.6 Å². The lowest BCUT2D eigenvalue weighted by Crippen LogP contribution is -2.11. The van der Waals surface area contributed by atoms with Crippen molar-refractivity contribution in [1.29, 1.82) is 5.26 Å². The number of esters is 1. The number of nitrogens with zero attached hydrogens (tertiary/aromatic N) is 1. The number of benzene rings is 1. The summed E-state index contributed by atoms with van der Waals surface area (Å²) in [5.74, 6) is -0.761. The van der Waals surface area contributed by atoms with Crippen molar-refractivity contribution < 1.29 is 23.0 Å². The molecule has 1 aromatic carbocycles. The molecule has 0 aromatic heterocycles. The molecule has 1 aromatic rings. The number of alkyl halides is 2. The van der Waals surface area contributed by atoms with Gasteiger partial charge in [-0.2, -0.15) is 14.0 Å². The van der Waals surface area contributed by atoms with Crippen molar-refractivity contribution in [2.75, 3.05) is 7.11 Å². The van der Waals surface area contributed by atoms with Gasteiger partial charge in [-0.3, -0.25) is 4.79 Å². The Hall–Kier alpha value is -2.20. The predicted octanol–water partition coefficient (Wildman–Crippen LogP) is 1.33. The maximum Gasteiger partial charge on any atom is 0.387 e. The first-order valence-electron chi connectivity index (χ1n) is 5.29. The zero-order valence-corrected chi connectivity index (χ0v) is 10.2. The van der Waals surface area contributed by atoms with E-state index in [-0.39, 0.29) is 29.8 Å². The standard InChI is InChI=1S/C12H12F2N2O3/c1-18-10(17)4-7-2-8(5-15)11(19-12(13)14)9(3-7)6-16/h2-3,12H,4-5,15H2,1H3. The summed E-state index contributed by atoms with van der Waals surface area (Å²) >= 11 is 0. The first-order valence-corrected chi connectivity index (χ1v) is 5.29. The Morgan fingerprint density at radius 3 is 2.68 bits per heavy atom. The topological polar surface area (TPSA) is 85.3 Å². The highest BCUT2D eigenvalue weighted by Gasteiger charge is 2.16. The van der Waals surface area contributed by atoms with E-state index in [1.54, 1.807) is 6.07 Å². The highest BCUT2D eigenvalue weighted by atomic mass is 19.3. The smallest absolute Gasteiger partial charge is 0.387 e. The van der Waals surface area contributed by atoms with Gasteiger partial charge in [-0.15, -0.1) is 0 Å². The summed E-state index contributed by atoms with van der Waals surface area (Å²) in [5.41, 5.74) is 6.02. The van der Waals surface area contributed by atoms with Crippen LogP contribution in [0.1, 0.15) is 16.7 Å². The third kappa shape index (κ3) is 3.89. The zero-order valence-electron chi connectivity index (χ0n) is 10.2. The molecule has 19 heavy (non-hydrogen) atoms. The van der Waals surface area contributed by atoms with Crippen LogP contribution in [0.5, 0.6) is 5.75 Å². The number of nitrogens with two attached hydrogens (primary N) is 1. The molecule has 0 bridgehead atoms. The highest BCUT2D eigenvalue weighted by Crippen LogP contribution is 2.27. The van der Waals surface area contributed by atoms with Gasteiger partial charge in [-0.25, -0.2) is 0 Å². The van der Waals surface area contributed by atoms with Gasteiger partial charge >= 0.3 is 12.6 Å². The average molecular weight is 270 g/mol. The van der Waals surface area contributed by atoms with Crippen molar-refractivity contribution in [1.82, 2.24) is 0 Å². The highest BCUT2D eigenvalue weighted by molar-refractivity contribution is 5.73. The minimum absolute atomic E-state index is 0.0763. The molecule has 0 aliphatic rings. The van der Waals surface area contributed by atoms with Gasteiger partial charge in [0.05, 0.1) is 19.1 Å². The molecule has 0 radical (unpaired) electrons. The number of methoxy groups -OCH3 is 1. The molecule has 0 amide bonds. The molecule has 0 unspecified atom stereocenters. The van der Waals surface area contributed by atoms with Crippen LogP contribution in [0.4, 0.5) is 8.78 Å². The van der Waals surface area contributed by atoms with Crippen LogP contribution in [0.15, 0.2) is 12.1 Å². The summed E-state index contributed by atoms with van der Waals surface area (Å²) in [4.78, 5) is 11.2. The van der Waals surface area contributed by atoms with Crippen molar-refractivity contribution in [3.8, 4) is 11.8 Å². The van der Waals surface area contributed by atoms with Crippen LogP contribution < -0.4 is 10.5 Å². The molecule has 102 valence electrons.